The van der Waals surface area contributed by atoms with Crippen molar-refractivity contribution in [1.82, 2.24) is 5.32 Å². The van der Waals surface area contributed by atoms with Crippen LogP contribution in [0.25, 0.3) is 0 Å². The first-order valence-electron chi connectivity index (χ1n) is 6.10. The van der Waals surface area contributed by atoms with Gasteiger partial charge in [-0.15, -0.1) is 0 Å². The molecule has 4 nitrogen and oxygen atoms in total. The maximum absolute atomic E-state index is 13.1. The maximum Gasteiger partial charge on any atom is 0.224 e. The summed E-state index contributed by atoms with van der Waals surface area (Å²) in [6, 6.07) is 4.63. The zero-order valence-corrected chi connectivity index (χ0v) is 11.5. The Bertz CT molecular complexity index is 598. The Labute approximate surface area is 111 Å². The molecular formula is C13H16FNO3S. The number of hydrogen-bond donors (Lipinski definition) is 1. The molecule has 0 aliphatic carbocycles. The third-order valence-corrected chi connectivity index (χ3v) is 5.06. The minimum Gasteiger partial charge on any atom is -0.352 e. The number of hydrogen-bond acceptors (Lipinski definition) is 3. The monoisotopic (exact) mass is 285 g/mol. The SMILES string of the molecule is Cc1cc(CNC(=O)[C@@H]2CCS(=O)(=O)C2)ccc1F. The molecule has 1 heterocycles. The molecule has 1 atom stereocenters. The molecule has 19 heavy (non-hydrogen) atoms. The number of carbonyl (C=O) groups is 1. The van der Waals surface area contributed by atoms with Crippen LogP contribution in [0.15, 0.2) is 18.2 Å². The molecule has 1 fully saturated rings. The fourth-order valence-electron chi connectivity index (χ4n) is 2.15. The Kier molecular flexibility index (Phi) is 3.89. The van der Waals surface area contributed by atoms with E-state index in [2.05, 4.69) is 5.32 Å². The van der Waals surface area contributed by atoms with Crippen molar-refractivity contribution in [1.29, 1.82) is 0 Å². The van der Waals surface area contributed by atoms with E-state index < -0.39 is 15.8 Å². The molecule has 6 heteroatoms. The number of amides is 1. The van der Waals surface area contributed by atoms with Gasteiger partial charge in [0.05, 0.1) is 17.4 Å². The Hall–Kier alpha value is -1.43. The molecule has 0 aromatic heterocycles. The average molecular weight is 285 g/mol. The van der Waals surface area contributed by atoms with Gasteiger partial charge in [0.1, 0.15) is 5.82 Å². The predicted molar refractivity (Wildman–Crippen MR) is 69.7 cm³/mol. The molecule has 0 saturated carbocycles. The van der Waals surface area contributed by atoms with Crippen LogP contribution in [0, 0.1) is 18.7 Å². The van der Waals surface area contributed by atoms with Gasteiger partial charge in [-0.3, -0.25) is 4.79 Å². The summed E-state index contributed by atoms with van der Waals surface area (Å²) in [5, 5.41) is 2.70. The van der Waals surface area contributed by atoms with Crippen molar-refractivity contribution in [3.8, 4) is 0 Å². The summed E-state index contributed by atoms with van der Waals surface area (Å²) < 4.78 is 35.6. The highest BCUT2D eigenvalue weighted by Crippen LogP contribution is 2.18. The summed E-state index contributed by atoms with van der Waals surface area (Å²) in [6.45, 7) is 1.95. The number of sulfone groups is 1. The lowest BCUT2D eigenvalue weighted by molar-refractivity contribution is -0.124. The molecule has 1 aromatic carbocycles. The summed E-state index contributed by atoms with van der Waals surface area (Å²) in [6.07, 6.45) is 0.386. The highest BCUT2D eigenvalue weighted by atomic mass is 32.2. The van der Waals surface area contributed by atoms with Crippen LogP contribution >= 0.6 is 0 Å². The van der Waals surface area contributed by atoms with Crippen LogP contribution in [0.3, 0.4) is 0 Å². The molecule has 1 amide bonds. The van der Waals surface area contributed by atoms with Gasteiger partial charge >= 0.3 is 0 Å². The largest absolute Gasteiger partial charge is 0.352 e. The summed E-state index contributed by atoms with van der Waals surface area (Å²) >= 11 is 0. The van der Waals surface area contributed by atoms with E-state index in [0.29, 0.717) is 12.0 Å². The van der Waals surface area contributed by atoms with Crippen molar-refractivity contribution >= 4 is 15.7 Å². The number of halogens is 1. The van der Waals surface area contributed by atoms with Crippen LogP contribution in [0.1, 0.15) is 17.5 Å². The second-order valence-corrected chi connectivity index (χ2v) is 7.13. The molecule has 0 spiro atoms. The van der Waals surface area contributed by atoms with Gasteiger partial charge in [-0.25, -0.2) is 12.8 Å². The van der Waals surface area contributed by atoms with E-state index in [1.807, 2.05) is 0 Å². The number of nitrogens with one attached hydrogen (secondary N) is 1. The molecule has 0 unspecified atom stereocenters. The van der Waals surface area contributed by atoms with Crippen molar-refractivity contribution in [3.05, 3.63) is 35.1 Å². The molecule has 2 rings (SSSR count). The van der Waals surface area contributed by atoms with Gasteiger partial charge in [0.25, 0.3) is 0 Å². The predicted octanol–water partition coefficient (Wildman–Crippen LogP) is 1.19. The fourth-order valence-corrected chi connectivity index (χ4v) is 3.89. The van der Waals surface area contributed by atoms with Gasteiger partial charge in [-0.05, 0) is 30.5 Å². The van der Waals surface area contributed by atoms with Crippen molar-refractivity contribution in [2.45, 2.75) is 19.9 Å². The standard InChI is InChI=1S/C13H16FNO3S/c1-9-6-10(2-3-12(9)14)7-15-13(16)11-4-5-19(17,18)8-11/h2-3,6,11H,4-5,7-8H2,1H3,(H,15,16)/t11-/m1/s1. The van der Waals surface area contributed by atoms with E-state index in [9.17, 15) is 17.6 Å². The molecule has 104 valence electrons. The second kappa shape index (κ2) is 5.28. The third kappa shape index (κ3) is 3.53. The number of benzene rings is 1. The second-order valence-electron chi connectivity index (χ2n) is 4.90. The number of aryl methyl sites for hydroxylation is 1. The molecule has 1 N–H and O–H groups in total. The zero-order valence-electron chi connectivity index (χ0n) is 10.6. The maximum atomic E-state index is 13.1. The lowest BCUT2D eigenvalue weighted by Gasteiger charge is -2.10. The van der Waals surface area contributed by atoms with Gasteiger partial charge in [0, 0.05) is 6.54 Å². The fraction of sp³-hybridized carbons (Fsp3) is 0.462. The summed E-state index contributed by atoms with van der Waals surface area (Å²) in [4.78, 5) is 11.8. The van der Waals surface area contributed by atoms with Crippen LogP contribution < -0.4 is 5.32 Å². The van der Waals surface area contributed by atoms with E-state index in [1.54, 1.807) is 19.1 Å². The van der Waals surface area contributed by atoms with Gasteiger partial charge < -0.3 is 5.32 Å². The van der Waals surface area contributed by atoms with Crippen LogP contribution in [0.5, 0.6) is 0 Å². The van der Waals surface area contributed by atoms with Gasteiger partial charge in [0.2, 0.25) is 5.91 Å². The summed E-state index contributed by atoms with van der Waals surface area (Å²) in [7, 11) is -3.05. The van der Waals surface area contributed by atoms with Crippen LogP contribution in [-0.4, -0.2) is 25.8 Å². The Morgan fingerprint density at radius 1 is 1.47 bits per heavy atom. The first-order chi connectivity index (χ1) is 8.87. The van der Waals surface area contributed by atoms with E-state index in [4.69, 9.17) is 0 Å². The third-order valence-electron chi connectivity index (χ3n) is 3.29. The van der Waals surface area contributed by atoms with E-state index in [0.717, 1.165) is 5.56 Å². The molecule has 0 bridgehead atoms. The highest BCUT2D eigenvalue weighted by molar-refractivity contribution is 7.91. The first-order valence-corrected chi connectivity index (χ1v) is 7.93. The molecule has 1 aliphatic heterocycles. The first kappa shape index (κ1) is 14.0. The molecule has 1 saturated heterocycles. The van der Waals surface area contributed by atoms with E-state index in [-0.39, 0.29) is 29.8 Å². The van der Waals surface area contributed by atoms with E-state index in [1.165, 1.54) is 6.07 Å². The van der Waals surface area contributed by atoms with Gasteiger partial charge in [-0.1, -0.05) is 12.1 Å². The van der Waals surface area contributed by atoms with Gasteiger partial charge in [0.15, 0.2) is 9.84 Å². The van der Waals surface area contributed by atoms with Crippen LogP contribution in [0.4, 0.5) is 4.39 Å². The lowest BCUT2D eigenvalue weighted by Crippen LogP contribution is -2.30. The van der Waals surface area contributed by atoms with Gasteiger partial charge in [-0.2, -0.15) is 0 Å². The molecule has 1 aliphatic rings. The van der Waals surface area contributed by atoms with E-state index >= 15 is 0 Å². The average Bonchev–Trinajstić information content (AvgIpc) is 2.71. The molecule has 0 radical (unpaired) electrons. The Morgan fingerprint density at radius 3 is 2.79 bits per heavy atom. The van der Waals surface area contributed by atoms with Crippen molar-refractivity contribution in [2.75, 3.05) is 11.5 Å². The zero-order chi connectivity index (χ0) is 14.0. The Morgan fingerprint density at radius 2 is 2.21 bits per heavy atom. The topological polar surface area (TPSA) is 63.2 Å². The Balaban J connectivity index is 1.92. The highest BCUT2D eigenvalue weighted by Gasteiger charge is 2.32. The minimum atomic E-state index is -3.05. The normalized spacial score (nSPS) is 21.3. The van der Waals surface area contributed by atoms with Crippen molar-refractivity contribution in [2.24, 2.45) is 5.92 Å². The minimum absolute atomic E-state index is 0.0682. The van der Waals surface area contributed by atoms with Crippen LogP contribution in [-0.2, 0) is 21.2 Å². The molecule has 1 aromatic rings. The molecular weight excluding hydrogens is 269 g/mol. The quantitative estimate of drug-likeness (QED) is 0.907. The lowest BCUT2D eigenvalue weighted by atomic mass is 10.1. The smallest absolute Gasteiger partial charge is 0.224 e. The summed E-state index contributed by atoms with van der Waals surface area (Å²) in [5.74, 6) is -0.964. The van der Waals surface area contributed by atoms with Crippen molar-refractivity contribution in [3.63, 3.8) is 0 Å². The number of carbonyl (C=O) groups excluding carboxylic acids is 1. The van der Waals surface area contributed by atoms with Crippen molar-refractivity contribution < 1.29 is 17.6 Å². The number of rotatable bonds is 3. The van der Waals surface area contributed by atoms with Crippen LogP contribution in [0.2, 0.25) is 0 Å². The summed E-state index contributed by atoms with van der Waals surface area (Å²) in [5.41, 5.74) is 1.32.